The molecular formula is C33H25Cl2F3N8O4. The normalized spacial score (nSPS) is 16.0. The van der Waals surface area contributed by atoms with Crippen LogP contribution in [-0.2, 0) is 9.59 Å². The summed E-state index contributed by atoms with van der Waals surface area (Å²) in [6, 6.07) is 17.3. The fourth-order valence-electron chi connectivity index (χ4n) is 5.27. The summed E-state index contributed by atoms with van der Waals surface area (Å²) in [7, 11) is 0. The van der Waals surface area contributed by atoms with Crippen molar-refractivity contribution in [2.45, 2.75) is 38.4 Å². The van der Waals surface area contributed by atoms with Crippen LogP contribution in [0.2, 0.25) is 10.2 Å². The average Bonchev–Trinajstić information content (AvgIpc) is 3.52. The Kier molecular flexibility index (Phi) is 10.6. The van der Waals surface area contributed by atoms with Crippen molar-refractivity contribution < 1.29 is 27.9 Å². The van der Waals surface area contributed by atoms with Crippen molar-refractivity contribution in [1.29, 1.82) is 5.26 Å². The molecule has 1 amide bonds. The van der Waals surface area contributed by atoms with Crippen LogP contribution in [0.3, 0.4) is 0 Å². The second kappa shape index (κ2) is 14.9. The summed E-state index contributed by atoms with van der Waals surface area (Å²) in [6.45, 7) is 1.87. The molecule has 0 spiro atoms. The van der Waals surface area contributed by atoms with Crippen molar-refractivity contribution in [2.75, 3.05) is 5.32 Å². The third kappa shape index (κ3) is 8.16. The van der Waals surface area contributed by atoms with Gasteiger partial charge in [0, 0.05) is 40.0 Å². The highest BCUT2D eigenvalue weighted by Crippen LogP contribution is 2.34. The van der Waals surface area contributed by atoms with E-state index in [1.54, 1.807) is 47.3 Å². The van der Waals surface area contributed by atoms with Crippen molar-refractivity contribution >= 4 is 40.8 Å². The Morgan fingerprint density at radius 1 is 1.04 bits per heavy atom. The van der Waals surface area contributed by atoms with Crippen LogP contribution in [0.5, 0.6) is 0 Å². The summed E-state index contributed by atoms with van der Waals surface area (Å²) < 4.78 is 34.8. The Hall–Kier alpha value is -5.59. The van der Waals surface area contributed by atoms with Crippen LogP contribution in [0, 0.1) is 17.2 Å². The van der Waals surface area contributed by atoms with Gasteiger partial charge in [-0.1, -0.05) is 47.8 Å². The lowest BCUT2D eigenvalue weighted by Crippen LogP contribution is -2.27. The van der Waals surface area contributed by atoms with E-state index in [9.17, 15) is 28.0 Å². The number of carbonyl (C=O) groups is 2. The van der Waals surface area contributed by atoms with E-state index in [1.165, 1.54) is 17.1 Å². The van der Waals surface area contributed by atoms with Crippen LogP contribution in [0.1, 0.15) is 43.5 Å². The fourth-order valence-corrected chi connectivity index (χ4v) is 5.57. The molecule has 2 atom stereocenters. The molecule has 0 saturated carbocycles. The van der Waals surface area contributed by atoms with Gasteiger partial charge in [0.1, 0.15) is 0 Å². The van der Waals surface area contributed by atoms with E-state index in [-0.39, 0.29) is 22.5 Å². The minimum Gasteiger partial charge on any atom is -0.475 e. The fraction of sp³-hybridized carbons (Fsp3) is 0.212. The molecule has 1 aliphatic rings. The van der Waals surface area contributed by atoms with Crippen molar-refractivity contribution in [1.82, 2.24) is 29.5 Å². The molecule has 2 N–H and O–H groups in total. The van der Waals surface area contributed by atoms with E-state index >= 15 is 0 Å². The Morgan fingerprint density at radius 2 is 1.80 bits per heavy atom. The maximum Gasteiger partial charge on any atom is 0.490 e. The van der Waals surface area contributed by atoms with Gasteiger partial charge in [-0.15, -0.1) is 5.10 Å². The topological polar surface area (TPSA) is 169 Å². The molecule has 0 radical (unpaired) electrons. The largest absolute Gasteiger partial charge is 0.490 e. The number of carbonyl (C=O) groups excluding carboxylic acids is 1. The summed E-state index contributed by atoms with van der Waals surface area (Å²) in [6.07, 6.45) is 1.50. The van der Waals surface area contributed by atoms with E-state index < -0.39 is 18.2 Å². The van der Waals surface area contributed by atoms with Crippen LogP contribution in [-0.4, -0.2) is 52.7 Å². The minimum atomic E-state index is -5.08. The van der Waals surface area contributed by atoms with E-state index in [0.717, 1.165) is 11.1 Å². The maximum atomic E-state index is 13.7. The molecule has 5 aromatic rings. The molecule has 4 heterocycles. The number of hydrogen-bond donors (Lipinski definition) is 2. The second-order valence-electron chi connectivity index (χ2n) is 11.1. The van der Waals surface area contributed by atoms with Gasteiger partial charge in [-0.25, -0.2) is 14.5 Å². The number of carboxylic acid groups (broad SMARTS) is 1. The molecule has 50 heavy (non-hydrogen) atoms. The lowest BCUT2D eigenvalue weighted by atomic mass is 9.95. The van der Waals surface area contributed by atoms with Gasteiger partial charge in [0.05, 0.1) is 47.3 Å². The molecule has 0 aliphatic carbocycles. The monoisotopic (exact) mass is 724 g/mol. The number of pyridine rings is 1. The molecule has 6 rings (SSSR count). The zero-order valence-corrected chi connectivity index (χ0v) is 27.4. The molecule has 17 heteroatoms. The summed E-state index contributed by atoms with van der Waals surface area (Å²) in [5.74, 6) is -3.17. The Morgan fingerprint density at radius 3 is 2.46 bits per heavy atom. The zero-order valence-electron chi connectivity index (χ0n) is 25.9. The van der Waals surface area contributed by atoms with Gasteiger partial charge in [-0.05, 0) is 60.9 Å². The summed E-state index contributed by atoms with van der Waals surface area (Å²) in [4.78, 5) is 45.0. The third-order valence-corrected chi connectivity index (χ3v) is 8.17. The summed E-state index contributed by atoms with van der Waals surface area (Å²) >= 11 is 12.3. The van der Waals surface area contributed by atoms with Gasteiger partial charge >= 0.3 is 12.1 Å². The van der Waals surface area contributed by atoms with Gasteiger partial charge < -0.3 is 10.4 Å². The molecule has 256 valence electrons. The maximum absolute atomic E-state index is 13.7. The Balaban J connectivity index is 0.000000630. The number of halogens is 5. The predicted molar refractivity (Wildman–Crippen MR) is 177 cm³/mol. The molecule has 0 fully saturated rings. The number of benzene rings is 2. The van der Waals surface area contributed by atoms with E-state index in [0.29, 0.717) is 58.2 Å². The van der Waals surface area contributed by atoms with Crippen LogP contribution < -0.4 is 10.9 Å². The number of aromatic nitrogens is 6. The number of hydrogen-bond acceptors (Lipinski definition) is 8. The average molecular weight is 726 g/mol. The molecule has 0 unspecified atom stereocenters. The number of rotatable bonds is 3. The highest BCUT2D eigenvalue weighted by Gasteiger charge is 2.38. The van der Waals surface area contributed by atoms with E-state index in [4.69, 9.17) is 33.1 Å². The van der Waals surface area contributed by atoms with Gasteiger partial charge in [0.25, 0.3) is 5.56 Å². The number of nitrogens with zero attached hydrogens (tertiary/aromatic N) is 7. The zero-order chi connectivity index (χ0) is 36.2. The second-order valence-corrected chi connectivity index (χ2v) is 12.0. The predicted octanol–water partition coefficient (Wildman–Crippen LogP) is 6.71. The quantitative estimate of drug-likeness (QED) is 0.205. The van der Waals surface area contributed by atoms with Crippen molar-refractivity contribution in [2.24, 2.45) is 5.92 Å². The first kappa shape index (κ1) is 35.7. The standard InChI is InChI=1S/C31H24Cl2N8O2.C2HF3O2/c1-18-3-2-4-28(26-12-20(9-10-35-26)22-7-5-19(15-34)11-25(22)37-31(18)43)40-17-36-24(14-30(40)42)23-13-21(32)6-8-27(23)41-16-29(33)38-39-41;3-2(4,5)1(6)7/h5-14,16-18,28H,2-4H2,1H3,(H,37,43);(H,6,7)/t18-,28+;/m1./s1. The van der Waals surface area contributed by atoms with Crippen LogP contribution in [0.15, 0.2) is 78.1 Å². The van der Waals surface area contributed by atoms with Crippen molar-refractivity contribution in [3.05, 3.63) is 105 Å². The van der Waals surface area contributed by atoms with Gasteiger partial charge in [0.15, 0.2) is 5.15 Å². The summed E-state index contributed by atoms with van der Waals surface area (Å²) in [5.41, 5.74) is 4.57. The minimum absolute atomic E-state index is 0.128. The number of fused-ring (bicyclic) bond motifs is 4. The number of anilines is 1. The Bertz CT molecular complexity index is 2180. The first-order valence-electron chi connectivity index (χ1n) is 14.8. The molecule has 2 bridgehead atoms. The molecule has 3 aromatic heterocycles. The van der Waals surface area contributed by atoms with Gasteiger partial charge in [-0.3, -0.25) is 19.1 Å². The smallest absolute Gasteiger partial charge is 0.475 e. The van der Waals surface area contributed by atoms with Crippen LogP contribution >= 0.6 is 23.2 Å². The third-order valence-electron chi connectivity index (χ3n) is 7.76. The number of nitriles is 1. The van der Waals surface area contributed by atoms with E-state index in [2.05, 4.69) is 31.7 Å². The lowest BCUT2D eigenvalue weighted by molar-refractivity contribution is -0.192. The van der Waals surface area contributed by atoms with E-state index in [1.807, 2.05) is 25.1 Å². The number of alkyl halides is 3. The molecule has 12 nitrogen and oxygen atoms in total. The first-order valence-corrected chi connectivity index (χ1v) is 15.6. The van der Waals surface area contributed by atoms with Crippen LogP contribution in [0.25, 0.3) is 28.1 Å². The number of carboxylic acids is 1. The first-order chi connectivity index (χ1) is 23.7. The Labute approximate surface area is 291 Å². The highest BCUT2D eigenvalue weighted by molar-refractivity contribution is 6.31. The van der Waals surface area contributed by atoms with Crippen molar-refractivity contribution in [3.63, 3.8) is 0 Å². The summed E-state index contributed by atoms with van der Waals surface area (Å²) in [5, 5.41) is 28.2. The van der Waals surface area contributed by atoms with Gasteiger partial charge in [-0.2, -0.15) is 18.4 Å². The van der Waals surface area contributed by atoms with Gasteiger partial charge in [0.2, 0.25) is 5.91 Å². The number of aliphatic carboxylic acids is 1. The number of nitrogens with one attached hydrogen (secondary N) is 1. The number of amides is 1. The molecule has 2 aromatic carbocycles. The highest BCUT2D eigenvalue weighted by atomic mass is 35.5. The molecule has 0 saturated heterocycles. The van der Waals surface area contributed by atoms with Crippen molar-refractivity contribution in [3.8, 4) is 34.1 Å². The lowest BCUT2D eigenvalue weighted by Gasteiger charge is -2.23. The molecular weight excluding hydrogens is 700 g/mol. The van der Waals surface area contributed by atoms with Crippen LogP contribution in [0.4, 0.5) is 18.9 Å². The molecule has 1 aliphatic heterocycles. The SMILES string of the molecule is C[C@@H]1CCC[C@H](n2cnc(-c3cc(Cl)ccc3-n3cc(Cl)nn3)cc2=O)c2cc(ccn2)-c2ccc(C#N)cc2NC1=O.O=C(O)C(F)(F)F.